The molecule has 0 aliphatic carbocycles. The standard InChI is InChI=1S/C25H29F3N6O2/c1-36-16-19-7-11-33(12-8-19)21-14-22(32-24(31-21)25(26,27)28)34-13-9-20(34)23(35)30-10-6-17-2-4-18(15-29)5-3-17/h2-5,14,19-20H,6-13,16H2,1H3,(H,30,35). The van der Waals surface area contributed by atoms with Crippen LogP contribution in [0.15, 0.2) is 30.3 Å². The average Bonchev–Trinajstić information content (AvgIpc) is 2.84. The summed E-state index contributed by atoms with van der Waals surface area (Å²) in [6, 6.07) is 10.1. The van der Waals surface area contributed by atoms with Crippen molar-refractivity contribution in [1.29, 1.82) is 5.26 Å². The van der Waals surface area contributed by atoms with Crippen molar-refractivity contribution in [2.75, 3.05) is 49.7 Å². The van der Waals surface area contributed by atoms with E-state index in [0.29, 0.717) is 57.1 Å². The number of halogens is 3. The highest BCUT2D eigenvalue weighted by Gasteiger charge is 2.40. The molecule has 3 heterocycles. The Bertz CT molecular complexity index is 1090. The maximum atomic E-state index is 13.6. The van der Waals surface area contributed by atoms with Gasteiger partial charge in [-0.15, -0.1) is 0 Å². The summed E-state index contributed by atoms with van der Waals surface area (Å²) in [6.45, 7) is 2.63. The summed E-state index contributed by atoms with van der Waals surface area (Å²) < 4.78 is 46.1. The molecule has 1 atom stereocenters. The Balaban J connectivity index is 1.42. The number of methoxy groups -OCH3 is 1. The highest BCUT2D eigenvalue weighted by molar-refractivity contribution is 5.86. The largest absolute Gasteiger partial charge is 0.451 e. The Morgan fingerprint density at radius 1 is 1.14 bits per heavy atom. The average molecular weight is 503 g/mol. The quantitative estimate of drug-likeness (QED) is 0.593. The molecule has 1 amide bonds. The lowest BCUT2D eigenvalue weighted by molar-refractivity contribution is -0.144. The second-order valence-corrected chi connectivity index (χ2v) is 9.14. The number of benzene rings is 1. The molecule has 0 radical (unpaired) electrons. The first kappa shape index (κ1) is 25.7. The van der Waals surface area contributed by atoms with E-state index in [4.69, 9.17) is 10.00 Å². The second kappa shape index (κ2) is 11.1. The van der Waals surface area contributed by atoms with Crippen LogP contribution in [0.1, 0.15) is 36.2 Å². The van der Waals surface area contributed by atoms with Crippen molar-refractivity contribution in [3.63, 3.8) is 0 Å². The van der Waals surface area contributed by atoms with Crippen LogP contribution in [0.2, 0.25) is 0 Å². The van der Waals surface area contributed by atoms with Gasteiger partial charge < -0.3 is 19.9 Å². The van der Waals surface area contributed by atoms with Gasteiger partial charge in [-0.05, 0) is 49.3 Å². The topological polar surface area (TPSA) is 94.4 Å². The number of carbonyl (C=O) groups excluding carboxylic acids is 1. The summed E-state index contributed by atoms with van der Waals surface area (Å²) in [5.74, 6) is -0.716. The number of nitriles is 1. The van der Waals surface area contributed by atoms with E-state index in [1.807, 2.05) is 17.0 Å². The first-order chi connectivity index (χ1) is 17.3. The van der Waals surface area contributed by atoms with Gasteiger partial charge in [-0.2, -0.15) is 18.4 Å². The van der Waals surface area contributed by atoms with Crippen LogP contribution in [0.4, 0.5) is 24.8 Å². The van der Waals surface area contributed by atoms with Gasteiger partial charge in [-0.25, -0.2) is 9.97 Å². The summed E-state index contributed by atoms with van der Waals surface area (Å²) in [6.07, 6.45) is -1.96. The van der Waals surface area contributed by atoms with Crippen LogP contribution in [0.5, 0.6) is 0 Å². The van der Waals surface area contributed by atoms with E-state index in [0.717, 1.165) is 18.4 Å². The molecule has 36 heavy (non-hydrogen) atoms. The van der Waals surface area contributed by atoms with E-state index in [-0.39, 0.29) is 17.5 Å². The molecule has 2 saturated heterocycles. The lowest BCUT2D eigenvalue weighted by Crippen LogP contribution is -2.57. The molecular formula is C25H29F3N6O2. The Labute approximate surface area is 208 Å². The number of piperidine rings is 1. The van der Waals surface area contributed by atoms with E-state index in [2.05, 4.69) is 21.4 Å². The lowest BCUT2D eigenvalue weighted by Gasteiger charge is -2.41. The van der Waals surface area contributed by atoms with Crippen LogP contribution in [0, 0.1) is 17.2 Å². The molecule has 0 bridgehead atoms. The van der Waals surface area contributed by atoms with Gasteiger partial charge in [0, 0.05) is 46.0 Å². The molecule has 192 valence electrons. The number of nitrogens with zero attached hydrogens (tertiary/aromatic N) is 5. The highest BCUT2D eigenvalue weighted by Crippen LogP contribution is 2.34. The van der Waals surface area contributed by atoms with Crippen molar-refractivity contribution >= 4 is 17.5 Å². The number of hydrogen-bond donors (Lipinski definition) is 1. The summed E-state index contributed by atoms with van der Waals surface area (Å²) >= 11 is 0. The Morgan fingerprint density at radius 2 is 1.83 bits per heavy atom. The molecule has 8 nitrogen and oxygen atoms in total. The lowest BCUT2D eigenvalue weighted by atomic mass is 9.98. The van der Waals surface area contributed by atoms with E-state index in [9.17, 15) is 18.0 Å². The van der Waals surface area contributed by atoms with E-state index >= 15 is 0 Å². The van der Waals surface area contributed by atoms with Crippen LogP contribution in [-0.2, 0) is 22.1 Å². The van der Waals surface area contributed by atoms with Crippen molar-refractivity contribution in [3.05, 3.63) is 47.3 Å². The number of anilines is 2. The number of aromatic nitrogens is 2. The van der Waals surface area contributed by atoms with Gasteiger partial charge in [0.2, 0.25) is 11.7 Å². The van der Waals surface area contributed by atoms with Crippen molar-refractivity contribution in [1.82, 2.24) is 15.3 Å². The third kappa shape index (κ3) is 6.05. The highest BCUT2D eigenvalue weighted by atomic mass is 19.4. The molecule has 2 aliphatic rings. The SMILES string of the molecule is COCC1CCN(c2cc(N3CCC3C(=O)NCCc3ccc(C#N)cc3)nc(C(F)(F)F)n2)CC1. The molecule has 1 aromatic carbocycles. The zero-order valence-electron chi connectivity index (χ0n) is 20.1. The minimum absolute atomic E-state index is 0.116. The molecule has 2 fully saturated rings. The predicted octanol–water partition coefficient (Wildman–Crippen LogP) is 3.17. The van der Waals surface area contributed by atoms with Crippen molar-refractivity contribution in [2.45, 2.75) is 37.9 Å². The van der Waals surface area contributed by atoms with Crippen molar-refractivity contribution in [2.24, 2.45) is 5.92 Å². The Kier molecular flexibility index (Phi) is 7.94. The number of nitrogens with one attached hydrogen (secondary N) is 1. The maximum Gasteiger partial charge on any atom is 0.451 e. The number of alkyl halides is 3. The monoisotopic (exact) mass is 502 g/mol. The number of amides is 1. The van der Waals surface area contributed by atoms with E-state index in [1.54, 1.807) is 30.2 Å². The minimum Gasteiger partial charge on any atom is -0.384 e. The number of ether oxygens (including phenoxy) is 1. The van der Waals surface area contributed by atoms with Crippen molar-refractivity contribution < 1.29 is 22.7 Å². The molecule has 1 N–H and O–H groups in total. The summed E-state index contributed by atoms with van der Waals surface area (Å²) in [4.78, 5) is 23.8. The van der Waals surface area contributed by atoms with E-state index < -0.39 is 18.0 Å². The number of carbonyl (C=O) groups is 1. The third-order valence-corrected chi connectivity index (χ3v) is 6.71. The van der Waals surface area contributed by atoms with Gasteiger partial charge in [0.25, 0.3) is 0 Å². The van der Waals surface area contributed by atoms with Crippen LogP contribution in [-0.4, -0.2) is 61.8 Å². The third-order valence-electron chi connectivity index (χ3n) is 6.71. The fourth-order valence-corrected chi connectivity index (χ4v) is 4.55. The first-order valence-corrected chi connectivity index (χ1v) is 12.0. The predicted molar refractivity (Wildman–Crippen MR) is 127 cm³/mol. The van der Waals surface area contributed by atoms with Gasteiger partial charge in [0.05, 0.1) is 11.6 Å². The second-order valence-electron chi connectivity index (χ2n) is 9.14. The van der Waals surface area contributed by atoms with Crippen LogP contribution in [0.3, 0.4) is 0 Å². The van der Waals surface area contributed by atoms with Gasteiger partial charge >= 0.3 is 6.18 Å². The molecule has 2 aromatic rings. The van der Waals surface area contributed by atoms with Crippen LogP contribution in [0.25, 0.3) is 0 Å². The first-order valence-electron chi connectivity index (χ1n) is 12.0. The zero-order chi connectivity index (χ0) is 25.7. The summed E-state index contributed by atoms with van der Waals surface area (Å²) in [5, 5.41) is 11.8. The van der Waals surface area contributed by atoms with Crippen molar-refractivity contribution in [3.8, 4) is 6.07 Å². The summed E-state index contributed by atoms with van der Waals surface area (Å²) in [5.41, 5.74) is 1.54. The maximum absolute atomic E-state index is 13.6. The van der Waals surface area contributed by atoms with E-state index in [1.165, 1.54) is 0 Å². The smallest absolute Gasteiger partial charge is 0.384 e. The van der Waals surface area contributed by atoms with Gasteiger partial charge in [0.1, 0.15) is 17.7 Å². The van der Waals surface area contributed by atoms with Gasteiger partial charge in [0.15, 0.2) is 0 Å². The molecule has 2 aliphatic heterocycles. The normalized spacial score (nSPS) is 18.5. The fourth-order valence-electron chi connectivity index (χ4n) is 4.55. The summed E-state index contributed by atoms with van der Waals surface area (Å²) in [7, 11) is 1.64. The molecule has 1 aromatic heterocycles. The molecular weight excluding hydrogens is 473 g/mol. The number of hydrogen-bond acceptors (Lipinski definition) is 7. The minimum atomic E-state index is -4.69. The Hall–Kier alpha value is -3.39. The molecule has 11 heteroatoms. The zero-order valence-corrected chi connectivity index (χ0v) is 20.1. The van der Waals surface area contributed by atoms with Gasteiger partial charge in [-0.1, -0.05) is 12.1 Å². The molecule has 4 rings (SSSR count). The van der Waals surface area contributed by atoms with Crippen LogP contribution < -0.4 is 15.1 Å². The van der Waals surface area contributed by atoms with Crippen LogP contribution >= 0.6 is 0 Å². The fraction of sp³-hybridized carbons (Fsp3) is 0.520. The Morgan fingerprint density at radius 3 is 2.42 bits per heavy atom. The molecule has 1 unspecified atom stereocenters. The molecule has 0 saturated carbocycles. The molecule has 0 spiro atoms. The number of rotatable bonds is 8. The van der Waals surface area contributed by atoms with Gasteiger partial charge in [-0.3, -0.25) is 4.79 Å².